The normalized spacial score (nSPS) is 20.5. The molecular weight excluding hydrogens is 290 g/mol. The van der Waals surface area contributed by atoms with Crippen LogP contribution in [0.4, 0.5) is 0 Å². The third-order valence-electron chi connectivity index (χ3n) is 3.61. The van der Waals surface area contributed by atoms with Crippen LogP contribution in [0.3, 0.4) is 0 Å². The van der Waals surface area contributed by atoms with E-state index in [1.54, 1.807) is 18.3 Å². The summed E-state index contributed by atoms with van der Waals surface area (Å²) in [6, 6.07) is 1.99. The largest absolute Gasteiger partial charge is 0.423 e. The second-order valence-electron chi connectivity index (χ2n) is 5.08. The molecule has 1 amide bonds. The van der Waals surface area contributed by atoms with Gasteiger partial charge in [0, 0.05) is 13.5 Å². The Labute approximate surface area is 126 Å². The molecule has 21 heavy (non-hydrogen) atoms. The quantitative estimate of drug-likeness (QED) is 0.869. The van der Waals surface area contributed by atoms with Crippen molar-refractivity contribution in [3.8, 4) is 0 Å². The van der Waals surface area contributed by atoms with Gasteiger partial charge in [-0.2, -0.15) is 11.3 Å². The summed E-state index contributed by atoms with van der Waals surface area (Å²) in [5.74, 6) is 0.911. The number of morpholine rings is 1. The molecule has 0 aliphatic carbocycles. The van der Waals surface area contributed by atoms with Gasteiger partial charge in [-0.05, 0) is 29.3 Å². The second kappa shape index (κ2) is 5.95. The van der Waals surface area contributed by atoms with Crippen molar-refractivity contribution in [1.82, 2.24) is 15.1 Å². The van der Waals surface area contributed by atoms with E-state index in [4.69, 9.17) is 9.15 Å². The zero-order chi connectivity index (χ0) is 14.8. The lowest BCUT2D eigenvalue weighted by Crippen LogP contribution is -2.44. The van der Waals surface area contributed by atoms with Gasteiger partial charge in [-0.15, -0.1) is 10.2 Å². The highest BCUT2D eigenvalue weighted by Crippen LogP contribution is 2.25. The van der Waals surface area contributed by atoms with E-state index in [-0.39, 0.29) is 17.9 Å². The van der Waals surface area contributed by atoms with Gasteiger partial charge in [0.15, 0.2) is 6.10 Å². The van der Waals surface area contributed by atoms with Gasteiger partial charge < -0.3 is 14.1 Å². The lowest BCUT2D eigenvalue weighted by molar-refractivity contribution is -0.141. The Bertz CT molecular complexity index is 611. The van der Waals surface area contributed by atoms with Gasteiger partial charge in [0.2, 0.25) is 17.7 Å². The van der Waals surface area contributed by atoms with Gasteiger partial charge in [0.25, 0.3) is 0 Å². The van der Waals surface area contributed by atoms with Crippen molar-refractivity contribution in [3.05, 3.63) is 34.2 Å². The third kappa shape index (κ3) is 2.98. The van der Waals surface area contributed by atoms with Crippen LogP contribution >= 0.6 is 11.3 Å². The van der Waals surface area contributed by atoms with Crippen LogP contribution in [0.5, 0.6) is 0 Å². The molecule has 0 N–H and O–H groups in total. The number of ether oxygens (including phenoxy) is 1. The Morgan fingerprint density at radius 2 is 2.38 bits per heavy atom. The van der Waals surface area contributed by atoms with Gasteiger partial charge in [-0.25, -0.2) is 0 Å². The molecule has 1 aliphatic rings. The van der Waals surface area contributed by atoms with Crippen LogP contribution in [0.1, 0.15) is 36.3 Å². The van der Waals surface area contributed by atoms with E-state index in [1.807, 2.05) is 28.7 Å². The van der Waals surface area contributed by atoms with Crippen LogP contribution in [0.25, 0.3) is 0 Å². The summed E-state index contributed by atoms with van der Waals surface area (Å²) >= 11 is 1.60. The summed E-state index contributed by atoms with van der Waals surface area (Å²) in [5, 5.41) is 11.8. The van der Waals surface area contributed by atoms with E-state index in [9.17, 15) is 4.79 Å². The Morgan fingerprint density at radius 3 is 3.05 bits per heavy atom. The Balaban J connectivity index is 1.69. The van der Waals surface area contributed by atoms with E-state index >= 15 is 0 Å². The number of aromatic nitrogens is 2. The SMILES string of the molecule is Cc1nnc([C@@H]2CN(C(=O)[C@@H](C)c3ccsc3)CCO2)o1. The number of nitrogens with zero attached hydrogens (tertiary/aromatic N) is 3. The van der Waals surface area contributed by atoms with Crippen molar-refractivity contribution in [2.45, 2.75) is 25.9 Å². The molecule has 1 aliphatic heterocycles. The van der Waals surface area contributed by atoms with Crippen molar-refractivity contribution in [3.63, 3.8) is 0 Å². The van der Waals surface area contributed by atoms with E-state index in [2.05, 4.69) is 10.2 Å². The molecule has 0 bridgehead atoms. The molecule has 2 aromatic rings. The van der Waals surface area contributed by atoms with Crippen molar-refractivity contribution in [2.24, 2.45) is 0 Å². The number of rotatable bonds is 3. The number of thiophene rings is 1. The molecule has 2 atom stereocenters. The topological polar surface area (TPSA) is 68.5 Å². The molecule has 112 valence electrons. The maximum atomic E-state index is 12.6. The van der Waals surface area contributed by atoms with E-state index < -0.39 is 0 Å². The molecule has 0 spiro atoms. The number of carbonyl (C=O) groups is 1. The molecule has 0 aromatic carbocycles. The number of hydrogen-bond acceptors (Lipinski definition) is 6. The molecule has 3 rings (SSSR count). The fourth-order valence-corrected chi connectivity index (χ4v) is 3.13. The van der Waals surface area contributed by atoms with Crippen LogP contribution in [0, 0.1) is 6.92 Å². The Morgan fingerprint density at radius 1 is 1.52 bits per heavy atom. The van der Waals surface area contributed by atoms with E-state index in [1.165, 1.54) is 0 Å². The molecule has 6 nitrogen and oxygen atoms in total. The molecule has 0 radical (unpaired) electrons. The second-order valence-corrected chi connectivity index (χ2v) is 5.86. The first-order valence-corrected chi connectivity index (χ1v) is 7.82. The molecule has 2 aromatic heterocycles. The highest BCUT2D eigenvalue weighted by Gasteiger charge is 2.31. The minimum Gasteiger partial charge on any atom is -0.423 e. The zero-order valence-corrected chi connectivity index (χ0v) is 12.8. The van der Waals surface area contributed by atoms with Crippen LogP contribution < -0.4 is 0 Å². The average molecular weight is 307 g/mol. The standard InChI is InChI=1S/C14H17N3O3S/c1-9(11-3-6-21-8-11)14(18)17-4-5-19-12(7-17)13-16-15-10(2)20-13/h3,6,8-9,12H,4-5,7H2,1-2H3/t9-,12-/m0/s1. The fourth-order valence-electron chi connectivity index (χ4n) is 2.38. The fraction of sp³-hybridized carbons (Fsp3) is 0.500. The molecule has 7 heteroatoms. The predicted octanol–water partition coefficient (Wildman–Crippen LogP) is 2.14. The number of amides is 1. The van der Waals surface area contributed by atoms with Crippen molar-refractivity contribution < 1.29 is 13.9 Å². The first-order chi connectivity index (χ1) is 10.1. The summed E-state index contributed by atoms with van der Waals surface area (Å²) in [6.45, 7) is 5.20. The van der Waals surface area contributed by atoms with Crippen molar-refractivity contribution in [2.75, 3.05) is 19.7 Å². The summed E-state index contributed by atoms with van der Waals surface area (Å²) in [6.07, 6.45) is -0.335. The van der Waals surface area contributed by atoms with Gasteiger partial charge in [-0.1, -0.05) is 0 Å². The minimum atomic E-state index is -0.335. The maximum Gasteiger partial charge on any atom is 0.246 e. The highest BCUT2D eigenvalue weighted by molar-refractivity contribution is 7.08. The van der Waals surface area contributed by atoms with Crippen LogP contribution in [0.2, 0.25) is 0 Å². The smallest absolute Gasteiger partial charge is 0.246 e. The Kier molecular flexibility index (Phi) is 4.03. The molecular formula is C14H17N3O3S. The predicted molar refractivity (Wildman–Crippen MR) is 77.0 cm³/mol. The number of carbonyl (C=O) groups excluding carboxylic acids is 1. The van der Waals surface area contributed by atoms with Gasteiger partial charge in [0.1, 0.15) is 0 Å². The number of hydrogen-bond donors (Lipinski definition) is 0. The Hall–Kier alpha value is -1.73. The summed E-state index contributed by atoms with van der Waals surface area (Å²) < 4.78 is 11.0. The van der Waals surface area contributed by atoms with Crippen LogP contribution in [0.15, 0.2) is 21.2 Å². The highest BCUT2D eigenvalue weighted by atomic mass is 32.1. The first-order valence-electron chi connectivity index (χ1n) is 6.87. The molecule has 1 saturated heterocycles. The van der Waals surface area contributed by atoms with Crippen molar-refractivity contribution >= 4 is 17.2 Å². The van der Waals surface area contributed by atoms with Crippen LogP contribution in [-0.4, -0.2) is 40.7 Å². The molecule has 1 fully saturated rings. The monoisotopic (exact) mass is 307 g/mol. The lowest BCUT2D eigenvalue weighted by Gasteiger charge is -2.32. The van der Waals surface area contributed by atoms with Crippen molar-refractivity contribution in [1.29, 1.82) is 0 Å². The third-order valence-corrected chi connectivity index (χ3v) is 4.31. The van der Waals surface area contributed by atoms with E-state index in [0.717, 1.165) is 5.56 Å². The molecule has 0 saturated carbocycles. The minimum absolute atomic E-state index is 0.109. The zero-order valence-electron chi connectivity index (χ0n) is 12.0. The maximum absolute atomic E-state index is 12.6. The average Bonchev–Trinajstić information content (AvgIpc) is 3.17. The van der Waals surface area contributed by atoms with Gasteiger partial charge >= 0.3 is 0 Å². The van der Waals surface area contributed by atoms with E-state index in [0.29, 0.717) is 31.5 Å². The van der Waals surface area contributed by atoms with Crippen LogP contribution in [-0.2, 0) is 9.53 Å². The lowest BCUT2D eigenvalue weighted by atomic mass is 10.0. The number of aryl methyl sites for hydroxylation is 1. The van der Waals surface area contributed by atoms with Gasteiger partial charge in [-0.3, -0.25) is 4.79 Å². The summed E-state index contributed by atoms with van der Waals surface area (Å²) in [5.41, 5.74) is 1.06. The summed E-state index contributed by atoms with van der Waals surface area (Å²) in [7, 11) is 0. The summed E-state index contributed by atoms with van der Waals surface area (Å²) in [4.78, 5) is 14.4. The molecule has 3 heterocycles. The first kappa shape index (κ1) is 14.2. The molecule has 0 unspecified atom stereocenters. The van der Waals surface area contributed by atoms with Gasteiger partial charge in [0.05, 0.1) is 19.1 Å².